The highest BCUT2D eigenvalue weighted by atomic mass is 16.5. The molecule has 17 heavy (non-hydrogen) atoms. The minimum atomic E-state index is -0.380. The Labute approximate surface area is 103 Å². The van der Waals surface area contributed by atoms with Crippen molar-refractivity contribution >= 4 is 5.91 Å². The van der Waals surface area contributed by atoms with Crippen LogP contribution < -0.4 is 11.1 Å². The molecule has 1 aliphatic carbocycles. The number of nitrogens with one attached hydrogen (secondary N) is 1. The van der Waals surface area contributed by atoms with Crippen LogP contribution >= 0.6 is 0 Å². The molecule has 1 aliphatic heterocycles. The van der Waals surface area contributed by atoms with Gasteiger partial charge >= 0.3 is 0 Å². The first-order valence-corrected chi connectivity index (χ1v) is 6.64. The zero-order chi connectivity index (χ0) is 12.5. The van der Waals surface area contributed by atoms with Crippen LogP contribution in [0.25, 0.3) is 0 Å². The van der Waals surface area contributed by atoms with Crippen molar-refractivity contribution in [1.29, 1.82) is 0 Å². The number of hydrogen-bond acceptors (Lipinski definition) is 3. The highest BCUT2D eigenvalue weighted by Gasteiger charge is 2.43. The quantitative estimate of drug-likeness (QED) is 0.779. The number of nitrogens with two attached hydrogens (primary N) is 1. The molecule has 4 heteroatoms. The molecule has 1 saturated carbocycles. The molecule has 2 fully saturated rings. The summed E-state index contributed by atoms with van der Waals surface area (Å²) >= 11 is 0. The normalized spacial score (nSPS) is 41.7. The van der Waals surface area contributed by atoms with Crippen molar-refractivity contribution in [3.05, 3.63) is 0 Å². The molecule has 1 amide bonds. The fourth-order valence-electron chi connectivity index (χ4n) is 2.92. The van der Waals surface area contributed by atoms with Crippen LogP contribution in [-0.4, -0.2) is 30.7 Å². The van der Waals surface area contributed by atoms with Gasteiger partial charge in [-0.05, 0) is 39.5 Å². The van der Waals surface area contributed by atoms with Crippen molar-refractivity contribution in [2.75, 3.05) is 13.2 Å². The van der Waals surface area contributed by atoms with Crippen LogP contribution in [0.1, 0.15) is 46.0 Å². The zero-order valence-corrected chi connectivity index (χ0v) is 10.9. The third-order valence-electron chi connectivity index (χ3n) is 4.47. The molecule has 1 heterocycles. The van der Waals surface area contributed by atoms with Gasteiger partial charge in [0.15, 0.2) is 0 Å². The first-order valence-electron chi connectivity index (χ1n) is 6.64. The Kier molecular flexibility index (Phi) is 3.46. The summed E-state index contributed by atoms with van der Waals surface area (Å²) in [6, 6.07) is -0.000183. The predicted molar refractivity (Wildman–Crippen MR) is 66.5 cm³/mol. The van der Waals surface area contributed by atoms with Crippen molar-refractivity contribution in [2.45, 2.75) is 57.6 Å². The molecule has 3 atom stereocenters. The van der Waals surface area contributed by atoms with E-state index >= 15 is 0 Å². The van der Waals surface area contributed by atoms with E-state index in [0.29, 0.717) is 6.54 Å². The molecule has 0 spiro atoms. The first kappa shape index (κ1) is 12.8. The molecule has 4 nitrogen and oxygen atoms in total. The van der Waals surface area contributed by atoms with Crippen LogP contribution in [0, 0.1) is 5.41 Å². The maximum Gasteiger partial charge on any atom is 0.227 e. The molecule has 3 N–H and O–H groups in total. The van der Waals surface area contributed by atoms with Crippen LogP contribution in [0.5, 0.6) is 0 Å². The van der Waals surface area contributed by atoms with Crippen LogP contribution in [0.4, 0.5) is 0 Å². The lowest BCUT2D eigenvalue weighted by Gasteiger charge is -2.30. The van der Waals surface area contributed by atoms with Crippen LogP contribution in [0.2, 0.25) is 0 Å². The fraction of sp³-hybridized carbons (Fsp3) is 0.923. The Morgan fingerprint density at radius 1 is 1.41 bits per heavy atom. The van der Waals surface area contributed by atoms with E-state index in [9.17, 15) is 4.79 Å². The predicted octanol–water partition coefficient (Wildman–Crippen LogP) is 1.19. The molecular weight excluding hydrogens is 216 g/mol. The van der Waals surface area contributed by atoms with E-state index in [1.165, 1.54) is 0 Å². The summed E-state index contributed by atoms with van der Waals surface area (Å²) in [5.74, 6) is 0.0965. The maximum atomic E-state index is 12.2. The van der Waals surface area contributed by atoms with Crippen molar-refractivity contribution < 1.29 is 9.53 Å². The second-order valence-corrected chi connectivity index (χ2v) is 6.00. The Balaban J connectivity index is 1.89. The highest BCUT2D eigenvalue weighted by Crippen LogP contribution is 2.37. The lowest BCUT2D eigenvalue weighted by atomic mass is 9.84. The monoisotopic (exact) mass is 240 g/mol. The highest BCUT2D eigenvalue weighted by molar-refractivity contribution is 5.83. The van der Waals surface area contributed by atoms with Gasteiger partial charge in [-0.3, -0.25) is 4.79 Å². The summed E-state index contributed by atoms with van der Waals surface area (Å²) in [6.07, 6.45) is 5.02. The van der Waals surface area contributed by atoms with Gasteiger partial charge in [-0.15, -0.1) is 0 Å². The van der Waals surface area contributed by atoms with E-state index in [4.69, 9.17) is 10.5 Å². The zero-order valence-electron chi connectivity index (χ0n) is 10.9. The second-order valence-electron chi connectivity index (χ2n) is 6.00. The van der Waals surface area contributed by atoms with Gasteiger partial charge in [-0.2, -0.15) is 0 Å². The van der Waals surface area contributed by atoms with Gasteiger partial charge in [0.05, 0.1) is 11.0 Å². The smallest absolute Gasteiger partial charge is 0.227 e. The summed E-state index contributed by atoms with van der Waals surface area (Å²) in [5, 5.41) is 3.03. The van der Waals surface area contributed by atoms with Crippen molar-refractivity contribution in [3.8, 4) is 0 Å². The molecule has 98 valence electrons. The molecule has 0 radical (unpaired) electrons. The summed E-state index contributed by atoms with van der Waals surface area (Å²) in [6.45, 7) is 5.46. The average Bonchev–Trinajstić information content (AvgIpc) is 2.85. The fourth-order valence-corrected chi connectivity index (χ4v) is 2.92. The van der Waals surface area contributed by atoms with Gasteiger partial charge in [-0.25, -0.2) is 0 Å². The van der Waals surface area contributed by atoms with E-state index in [-0.39, 0.29) is 23.0 Å². The maximum absolute atomic E-state index is 12.2. The molecular formula is C13H24N2O2. The number of rotatable bonds is 3. The molecule has 0 aromatic carbocycles. The summed E-state index contributed by atoms with van der Waals surface area (Å²) < 4.78 is 5.67. The number of hydrogen-bond donors (Lipinski definition) is 2. The lowest BCUT2D eigenvalue weighted by molar-refractivity contribution is -0.131. The molecule has 0 bridgehead atoms. The van der Waals surface area contributed by atoms with Gasteiger partial charge < -0.3 is 15.8 Å². The van der Waals surface area contributed by atoms with Gasteiger partial charge in [0.1, 0.15) is 0 Å². The third-order valence-corrected chi connectivity index (χ3v) is 4.47. The van der Waals surface area contributed by atoms with E-state index in [1.54, 1.807) is 0 Å². The lowest BCUT2D eigenvalue weighted by Crippen LogP contribution is -2.50. The van der Waals surface area contributed by atoms with Gasteiger partial charge in [0.2, 0.25) is 5.91 Å². The standard InChI is InChI=1S/C13H24N2O2/c1-12(6-4-8-17-12)9-15-11(16)13(2)7-3-5-10(13)14/h10H,3-9,14H2,1-2H3,(H,15,16). The van der Waals surface area contributed by atoms with Gasteiger partial charge in [0.25, 0.3) is 0 Å². The number of carbonyl (C=O) groups is 1. The number of ether oxygens (including phenoxy) is 1. The molecule has 0 aromatic heterocycles. The Bertz CT molecular complexity index is 300. The van der Waals surface area contributed by atoms with Crippen molar-refractivity contribution in [2.24, 2.45) is 11.1 Å². The molecule has 2 aliphatic rings. The number of carbonyl (C=O) groups excluding carboxylic acids is 1. The van der Waals surface area contributed by atoms with Crippen LogP contribution in [-0.2, 0) is 9.53 Å². The van der Waals surface area contributed by atoms with E-state index in [1.807, 2.05) is 6.92 Å². The van der Waals surface area contributed by atoms with Gasteiger partial charge in [-0.1, -0.05) is 6.42 Å². The third kappa shape index (κ3) is 2.47. The topological polar surface area (TPSA) is 64.4 Å². The Morgan fingerprint density at radius 3 is 2.71 bits per heavy atom. The Morgan fingerprint density at radius 2 is 2.18 bits per heavy atom. The Hall–Kier alpha value is -0.610. The van der Waals surface area contributed by atoms with Crippen LogP contribution in [0.3, 0.4) is 0 Å². The van der Waals surface area contributed by atoms with E-state index < -0.39 is 0 Å². The summed E-state index contributed by atoms with van der Waals surface area (Å²) in [5.41, 5.74) is 5.49. The minimum absolute atomic E-state index is 0.000183. The van der Waals surface area contributed by atoms with Gasteiger partial charge in [0, 0.05) is 19.2 Å². The van der Waals surface area contributed by atoms with E-state index in [2.05, 4.69) is 12.2 Å². The van der Waals surface area contributed by atoms with Crippen LogP contribution in [0.15, 0.2) is 0 Å². The molecule has 2 rings (SSSR count). The summed E-state index contributed by atoms with van der Waals surface area (Å²) in [7, 11) is 0. The number of amides is 1. The molecule has 3 unspecified atom stereocenters. The van der Waals surface area contributed by atoms with E-state index in [0.717, 1.165) is 38.7 Å². The molecule has 1 saturated heterocycles. The SMILES string of the molecule is CC1(CNC(=O)C2(C)CCCC2N)CCCO1. The average molecular weight is 240 g/mol. The minimum Gasteiger partial charge on any atom is -0.373 e. The van der Waals surface area contributed by atoms with Crippen molar-refractivity contribution in [3.63, 3.8) is 0 Å². The molecule has 0 aromatic rings. The second kappa shape index (κ2) is 4.58. The van der Waals surface area contributed by atoms with Crippen molar-refractivity contribution in [1.82, 2.24) is 5.32 Å². The summed E-state index contributed by atoms with van der Waals surface area (Å²) in [4.78, 5) is 12.2. The first-order chi connectivity index (χ1) is 7.96. The largest absolute Gasteiger partial charge is 0.373 e.